The fourth-order valence-corrected chi connectivity index (χ4v) is 2.99. The Hall–Kier alpha value is -0.610. The molecule has 1 fully saturated rings. The van der Waals surface area contributed by atoms with Crippen molar-refractivity contribution in [1.29, 1.82) is 0 Å². The monoisotopic (exact) mass is 270 g/mol. The number of ether oxygens (including phenoxy) is 1. The quantitative estimate of drug-likeness (QED) is 0.686. The lowest BCUT2D eigenvalue weighted by molar-refractivity contribution is -0.151. The zero-order valence-corrected chi connectivity index (χ0v) is 12.8. The fourth-order valence-electron chi connectivity index (χ4n) is 2.99. The normalized spacial score (nSPS) is 22.2. The lowest BCUT2D eigenvalue weighted by Crippen LogP contribution is -2.51. The van der Waals surface area contributed by atoms with E-state index in [4.69, 9.17) is 4.74 Å². The minimum Gasteiger partial charge on any atom is -0.465 e. The van der Waals surface area contributed by atoms with Crippen LogP contribution >= 0.6 is 0 Å². The van der Waals surface area contributed by atoms with Gasteiger partial charge >= 0.3 is 5.97 Å². The first-order valence-corrected chi connectivity index (χ1v) is 7.81. The van der Waals surface area contributed by atoms with Gasteiger partial charge in [-0.25, -0.2) is 0 Å². The third-order valence-corrected chi connectivity index (χ3v) is 3.92. The lowest BCUT2D eigenvalue weighted by Gasteiger charge is -2.40. The molecule has 1 aliphatic heterocycles. The summed E-state index contributed by atoms with van der Waals surface area (Å²) >= 11 is 0. The third-order valence-electron chi connectivity index (χ3n) is 3.92. The van der Waals surface area contributed by atoms with Gasteiger partial charge in [0.2, 0.25) is 0 Å². The Morgan fingerprint density at radius 3 is 2.84 bits per heavy atom. The van der Waals surface area contributed by atoms with E-state index in [0.29, 0.717) is 12.6 Å². The third kappa shape index (κ3) is 5.11. The summed E-state index contributed by atoms with van der Waals surface area (Å²) in [4.78, 5) is 14.6. The van der Waals surface area contributed by atoms with Crippen LogP contribution in [0.5, 0.6) is 0 Å². The molecule has 0 spiro atoms. The minimum atomic E-state index is -0.0351. The van der Waals surface area contributed by atoms with Crippen molar-refractivity contribution < 1.29 is 9.53 Å². The number of carbonyl (C=O) groups excluding carboxylic acids is 1. The Kier molecular flexibility index (Phi) is 8.07. The van der Waals surface area contributed by atoms with Crippen molar-refractivity contribution in [3.8, 4) is 0 Å². The van der Waals surface area contributed by atoms with Crippen molar-refractivity contribution in [2.24, 2.45) is 0 Å². The summed E-state index contributed by atoms with van der Waals surface area (Å²) in [5.74, 6) is -0.0271. The van der Waals surface area contributed by atoms with Gasteiger partial charge in [-0.05, 0) is 52.7 Å². The van der Waals surface area contributed by atoms with Crippen LogP contribution < -0.4 is 5.32 Å². The van der Waals surface area contributed by atoms with Gasteiger partial charge in [-0.3, -0.25) is 9.69 Å². The first kappa shape index (κ1) is 16.4. The molecule has 1 heterocycles. The maximum absolute atomic E-state index is 12.2. The molecule has 19 heavy (non-hydrogen) atoms. The van der Waals surface area contributed by atoms with E-state index in [2.05, 4.69) is 17.1 Å². The molecule has 0 aromatic carbocycles. The maximum atomic E-state index is 12.2. The smallest absolute Gasteiger partial charge is 0.323 e. The first-order valence-electron chi connectivity index (χ1n) is 7.81. The highest BCUT2D eigenvalue weighted by molar-refractivity contribution is 5.75. The molecule has 1 saturated heterocycles. The number of likely N-dealkylation sites (tertiary alicyclic amines) is 1. The van der Waals surface area contributed by atoms with Crippen LogP contribution in [0.15, 0.2) is 0 Å². The molecule has 0 bridgehead atoms. The second kappa shape index (κ2) is 9.32. The van der Waals surface area contributed by atoms with Crippen molar-refractivity contribution in [3.05, 3.63) is 0 Å². The standard InChI is InChI=1S/C15H30N2O2/c1-4-8-14(15(18)19-5-2)17-12-7-6-9-13(17)10-11-16-3/h13-14,16H,4-12H2,1-3H3. The highest BCUT2D eigenvalue weighted by atomic mass is 16.5. The molecule has 0 aromatic heterocycles. The molecular weight excluding hydrogens is 240 g/mol. The number of esters is 1. The van der Waals surface area contributed by atoms with Gasteiger partial charge in [0.15, 0.2) is 0 Å². The van der Waals surface area contributed by atoms with Crippen LogP contribution in [-0.4, -0.2) is 49.7 Å². The molecule has 0 amide bonds. The van der Waals surface area contributed by atoms with Crippen molar-refractivity contribution in [1.82, 2.24) is 10.2 Å². The number of hydrogen-bond donors (Lipinski definition) is 1. The first-order chi connectivity index (χ1) is 9.24. The molecular formula is C15H30N2O2. The van der Waals surface area contributed by atoms with Crippen molar-refractivity contribution in [2.45, 2.75) is 64.5 Å². The van der Waals surface area contributed by atoms with Gasteiger partial charge in [-0.2, -0.15) is 0 Å². The van der Waals surface area contributed by atoms with Crippen LogP contribution in [0.2, 0.25) is 0 Å². The molecule has 1 N–H and O–H groups in total. The second-order valence-electron chi connectivity index (χ2n) is 5.34. The molecule has 0 radical (unpaired) electrons. The van der Waals surface area contributed by atoms with E-state index in [9.17, 15) is 4.79 Å². The predicted molar refractivity (Wildman–Crippen MR) is 78.2 cm³/mol. The Morgan fingerprint density at radius 2 is 2.21 bits per heavy atom. The van der Waals surface area contributed by atoms with Crippen LogP contribution in [0.3, 0.4) is 0 Å². The Morgan fingerprint density at radius 1 is 1.42 bits per heavy atom. The number of hydrogen-bond acceptors (Lipinski definition) is 4. The molecule has 0 saturated carbocycles. The van der Waals surface area contributed by atoms with Gasteiger partial charge in [0.05, 0.1) is 6.61 Å². The SMILES string of the molecule is CCCC(C(=O)OCC)N1CCCCC1CCNC. The lowest BCUT2D eigenvalue weighted by atomic mass is 9.95. The summed E-state index contributed by atoms with van der Waals surface area (Å²) in [5.41, 5.74) is 0. The van der Waals surface area contributed by atoms with Gasteiger partial charge in [-0.1, -0.05) is 19.8 Å². The Balaban J connectivity index is 2.68. The average Bonchev–Trinajstić information content (AvgIpc) is 2.43. The summed E-state index contributed by atoms with van der Waals surface area (Å²) < 4.78 is 5.27. The molecule has 2 atom stereocenters. The molecule has 1 aliphatic rings. The van der Waals surface area contributed by atoms with E-state index >= 15 is 0 Å². The van der Waals surface area contributed by atoms with Crippen LogP contribution in [0.25, 0.3) is 0 Å². The second-order valence-corrected chi connectivity index (χ2v) is 5.34. The highest BCUT2D eigenvalue weighted by Gasteiger charge is 2.33. The van der Waals surface area contributed by atoms with Gasteiger partial charge in [0.25, 0.3) is 0 Å². The molecule has 4 nitrogen and oxygen atoms in total. The van der Waals surface area contributed by atoms with Crippen LogP contribution in [0.1, 0.15) is 52.4 Å². The van der Waals surface area contributed by atoms with E-state index in [1.54, 1.807) is 0 Å². The number of piperidine rings is 1. The highest BCUT2D eigenvalue weighted by Crippen LogP contribution is 2.24. The average molecular weight is 270 g/mol. The number of rotatable bonds is 8. The van der Waals surface area contributed by atoms with E-state index in [0.717, 1.165) is 32.4 Å². The van der Waals surface area contributed by atoms with Crippen LogP contribution in [0.4, 0.5) is 0 Å². The van der Waals surface area contributed by atoms with E-state index < -0.39 is 0 Å². The summed E-state index contributed by atoms with van der Waals surface area (Å²) in [6.45, 7) is 6.56. The molecule has 0 aromatic rings. The summed E-state index contributed by atoms with van der Waals surface area (Å²) in [7, 11) is 1.99. The molecule has 1 rings (SSSR count). The van der Waals surface area contributed by atoms with Gasteiger partial charge in [0, 0.05) is 6.04 Å². The van der Waals surface area contributed by atoms with E-state index in [-0.39, 0.29) is 12.0 Å². The largest absolute Gasteiger partial charge is 0.465 e. The van der Waals surface area contributed by atoms with Gasteiger partial charge < -0.3 is 10.1 Å². The summed E-state index contributed by atoms with van der Waals surface area (Å²) in [6, 6.07) is 0.495. The Labute approximate surface area is 117 Å². The number of carbonyl (C=O) groups is 1. The maximum Gasteiger partial charge on any atom is 0.323 e. The van der Waals surface area contributed by atoms with E-state index in [1.807, 2.05) is 14.0 Å². The van der Waals surface area contributed by atoms with Crippen LogP contribution in [-0.2, 0) is 9.53 Å². The number of nitrogens with zero attached hydrogens (tertiary/aromatic N) is 1. The molecule has 112 valence electrons. The predicted octanol–water partition coefficient (Wildman–Crippen LogP) is 2.18. The van der Waals surface area contributed by atoms with Gasteiger partial charge in [0.1, 0.15) is 6.04 Å². The topological polar surface area (TPSA) is 41.6 Å². The number of nitrogens with one attached hydrogen (secondary N) is 1. The van der Waals surface area contributed by atoms with Crippen molar-refractivity contribution >= 4 is 5.97 Å². The zero-order valence-electron chi connectivity index (χ0n) is 12.8. The zero-order chi connectivity index (χ0) is 14.1. The van der Waals surface area contributed by atoms with Crippen molar-refractivity contribution in [3.63, 3.8) is 0 Å². The molecule has 2 unspecified atom stereocenters. The summed E-state index contributed by atoms with van der Waals surface area (Å²) in [5, 5.41) is 3.22. The van der Waals surface area contributed by atoms with Gasteiger partial charge in [-0.15, -0.1) is 0 Å². The molecule has 4 heteroatoms. The van der Waals surface area contributed by atoms with Crippen LogP contribution in [0, 0.1) is 0 Å². The van der Waals surface area contributed by atoms with E-state index in [1.165, 1.54) is 19.3 Å². The summed E-state index contributed by atoms with van der Waals surface area (Å²) in [6.07, 6.45) is 6.76. The fraction of sp³-hybridized carbons (Fsp3) is 0.933. The van der Waals surface area contributed by atoms with Crippen molar-refractivity contribution in [2.75, 3.05) is 26.7 Å². The minimum absolute atomic E-state index is 0.0271. The Bertz CT molecular complexity index is 259. The molecule has 0 aliphatic carbocycles.